The van der Waals surface area contributed by atoms with E-state index < -0.39 is 0 Å². The Hall–Kier alpha value is -0.560. The molecule has 1 heteroatoms. The molecule has 0 saturated heterocycles. The molecule has 0 heterocycles. The summed E-state index contributed by atoms with van der Waals surface area (Å²) in [5, 5.41) is 10.1. The number of hydrogen-bond donors (Lipinski definition) is 1. The van der Waals surface area contributed by atoms with Crippen molar-refractivity contribution in [3.05, 3.63) is 24.3 Å². The van der Waals surface area contributed by atoms with Crippen molar-refractivity contribution in [3.8, 4) is 0 Å². The summed E-state index contributed by atoms with van der Waals surface area (Å²) in [5.74, 6) is 1.12. The third-order valence-electron chi connectivity index (χ3n) is 4.58. The first-order valence-electron chi connectivity index (χ1n) is 5.75. The van der Waals surface area contributed by atoms with Crippen molar-refractivity contribution in [1.82, 2.24) is 0 Å². The number of aliphatic hydroxyl groups is 1. The first-order valence-corrected chi connectivity index (χ1v) is 5.75. The van der Waals surface area contributed by atoms with Crippen molar-refractivity contribution in [2.75, 3.05) is 0 Å². The minimum Gasteiger partial charge on any atom is -0.393 e. The van der Waals surface area contributed by atoms with Gasteiger partial charge in [-0.25, -0.2) is 0 Å². The molecule has 2 bridgehead atoms. The lowest BCUT2D eigenvalue weighted by atomic mass is 9.62. The average Bonchev–Trinajstić information content (AvgIpc) is 2.39. The topological polar surface area (TPSA) is 20.2 Å². The second kappa shape index (κ2) is 2.73. The van der Waals surface area contributed by atoms with Gasteiger partial charge in [0.1, 0.15) is 0 Å². The molecule has 0 aromatic carbocycles. The molecule has 4 atom stereocenters. The van der Waals surface area contributed by atoms with Crippen molar-refractivity contribution in [1.29, 1.82) is 0 Å². The Morgan fingerprint density at radius 2 is 2.36 bits per heavy atom. The fraction of sp³-hybridized carbons (Fsp3) is 0.692. The summed E-state index contributed by atoms with van der Waals surface area (Å²) in [6, 6.07) is 0. The highest BCUT2D eigenvalue weighted by molar-refractivity contribution is 5.25. The fourth-order valence-electron chi connectivity index (χ4n) is 3.94. The van der Waals surface area contributed by atoms with Crippen LogP contribution in [0.4, 0.5) is 0 Å². The summed E-state index contributed by atoms with van der Waals surface area (Å²) in [7, 11) is 0. The molecule has 14 heavy (non-hydrogen) atoms. The molecule has 1 nitrogen and oxygen atoms in total. The average molecular weight is 190 g/mol. The van der Waals surface area contributed by atoms with Crippen LogP contribution in [-0.4, -0.2) is 11.2 Å². The molecule has 1 N–H and O–H groups in total. The second-order valence-corrected chi connectivity index (χ2v) is 5.36. The molecule has 3 aliphatic carbocycles. The number of hydrogen-bond acceptors (Lipinski definition) is 1. The van der Waals surface area contributed by atoms with Crippen molar-refractivity contribution in [3.63, 3.8) is 0 Å². The van der Waals surface area contributed by atoms with E-state index in [1.165, 1.54) is 18.4 Å². The quantitative estimate of drug-likeness (QED) is 0.582. The molecule has 1 spiro atoms. The van der Waals surface area contributed by atoms with Gasteiger partial charge in [-0.05, 0) is 49.4 Å². The Balaban J connectivity index is 2.03. The zero-order valence-corrected chi connectivity index (χ0v) is 8.58. The molecule has 0 aliphatic heterocycles. The summed E-state index contributed by atoms with van der Waals surface area (Å²) in [6.07, 6.45) is 10.3. The largest absolute Gasteiger partial charge is 0.393 e. The van der Waals surface area contributed by atoms with Crippen molar-refractivity contribution < 1.29 is 5.11 Å². The van der Waals surface area contributed by atoms with Crippen molar-refractivity contribution in [2.45, 2.75) is 38.2 Å². The van der Waals surface area contributed by atoms with Gasteiger partial charge in [0, 0.05) is 0 Å². The fourth-order valence-corrected chi connectivity index (χ4v) is 3.94. The van der Waals surface area contributed by atoms with Gasteiger partial charge in [0.15, 0.2) is 0 Å². The van der Waals surface area contributed by atoms with Crippen LogP contribution in [-0.2, 0) is 0 Å². The van der Waals surface area contributed by atoms with E-state index >= 15 is 0 Å². The molecule has 76 valence electrons. The molecule has 3 rings (SSSR count). The van der Waals surface area contributed by atoms with Crippen LogP contribution in [0.5, 0.6) is 0 Å². The Morgan fingerprint density at radius 1 is 1.50 bits per heavy atom. The van der Waals surface area contributed by atoms with Crippen LogP contribution in [0.1, 0.15) is 32.1 Å². The van der Waals surface area contributed by atoms with Gasteiger partial charge >= 0.3 is 0 Å². The SMILES string of the molecule is C=C1CC23C=CCCC2C(O)CC1C3. The number of aliphatic hydroxyl groups excluding tert-OH is 1. The lowest BCUT2D eigenvalue weighted by Crippen LogP contribution is -2.40. The van der Waals surface area contributed by atoms with Gasteiger partial charge in [-0.2, -0.15) is 0 Å². The zero-order valence-electron chi connectivity index (χ0n) is 8.58. The highest BCUT2D eigenvalue weighted by atomic mass is 16.3. The molecule has 0 aromatic heterocycles. The minimum absolute atomic E-state index is 0.0713. The number of allylic oxidation sites excluding steroid dienone is 3. The van der Waals surface area contributed by atoms with E-state index in [1.807, 2.05) is 0 Å². The molecule has 4 unspecified atom stereocenters. The van der Waals surface area contributed by atoms with E-state index in [0.29, 0.717) is 17.3 Å². The molecule has 2 saturated carbocycles. The van der Waals surface area contributed by atoms with E-state index in [-0.39, 0.29) is 6.10 Å². The van der Waals surface area contributed by atoms with Crippen LogP contribution in [0.15, 0.2) is 24.3 Å². The standard InChI is InChI=1S/C13H18O/c1-9-7-13-5-3-2-4-11(13)12(14)6-10(9)8-13/h3,5,10-12,14H,1-2,4,6-8H2. The van der Waals surface area contributed by atoms with Crippen molar-refractivity contribution in [2.24, 2.45) is 17.3 Å². The van der Waals surface area contributed by atoms with Gasteiger partial charge in [0.05, 0.1) is 6.10 Å². The van der Waals surface area contributed by atoms with E-state index in [0.717, 1.165) is 19.3 Å². The van der Waals surface area contributed by atoms with Crippen molar-refractivity contribution >= 4 is 0 Å². The predicted molar refractivity (Wildman–Crippen MR) is 56.8 cm³/mol. The Labute approximate surface area is 85.5 Å². The predicted octanol–water partition coefficient (Wildman–Crippen LogP) is 2.67. The highest BCUT2D eigenvalue weighted by Gasteiger charge is 2.52. The van der Waals surface area contributed by atoms with Crippen LogP contribution in [0.3, 0.4) is 0 Å². The van der Waals surface area contributed by atoms with Gasteiger partial charge in [-0.15, -0.1) is 0 Å². The van der Waals surface area contributed by atoms with Gasteiger partial charge in [-0.1, -0.05) is 24.3 Å². The summed E-state index contributed by atoms with van der Waals surface area (Å²) in [5.41, 5.74) is 1.69. The van der Waals surface area contributed by atoms with Crippen LogP contribution < -0.4 is 0 Å². The second-order valence-electron chi connectivity index (χ2n) is 5.36. The van der Waals surface area contributed by atoms with Crippen LogP contribution in [0, 0.1) is 17.3 Å². The molecule has 2 fully saturated rings. The summed E-state index contributed by atoms with van der Waals surface area (Å²) in [4.78, 5) is 0. The first-order chi connectivity index (χ1) is 6.71. The normalized spacial score (nSPS) is 50.6. The van der Waals surface area contributed by atoms with E-state index in [4.69, 9.17) is 0 Å². The van der Waals surface area contributed by atoms with Gasteiger partial charge in [0.2, 0.25) is 0 Å². The molecule has 0 aromatic rings. The summed E-state index contributed by atoms with van der Waals surface area (Å²) >= 11 is 0. The Bertz CT molecular complexity index is 304. The van der Waals surface area contributed by atoms with Crippen LogP contribution in [0.25, 0.3) is 0 Å². The first kappa shape index (κ1) is 8.72. The third-order valence-corrected chi connectivity index (χ3v) is 4.58. The van der Waals surface area contributed by atoms with Crippen LogP contribution >= 0.6 is 0 Å². The summed E-state index contributed by atoms with van der Waals surface area (Å²) < 4.78 is 0. The van der Waals surface area contributed by atoms with E-state index in [1.54, 1.807) is 0 Å². The lowest BCUT2D eigenvalue weighted by Gasteiger charge is -2.44. The third kappa shape index (κ3) is 0.993. The highest BCUT2D eigenvalue weighted by Crippen LogP contribution is 2.59. The molecule has 3 aliphatic rings. The van der Waals surface area contributed by atoms with Crippen LogP contribution in [0.2, 0.25) is 0 Å². The zero-order chi connectivity index (χ0) is 9.76. The van der Waals surface area contributed by atoms with E-state index in [2.05, 4.69) is 18.7 Å². The number of rotatable bonds is 0. The lowest BCUT2D eigenvalue weighted by molar-refractivity contribution is -0.00570. The summed E-state index contributed by atoms with van der Waals surface area (Å²) in [6.45, 7) is 4.17. The Kier molecular flexibility index (Phi) is 1.70. The van der Waals surface area contributed by atoms with Gasteiger partial charge in [-0.3, -0.25) is 0 Å². The molecular formula is C13H18O. The maximum atomic E-state index is 10.1. The molecule has 0 radical (unpaired) electrons. The maximum Gasteiger partial charge on any atom is 0.0582 e. The number of fused-ring (bicyclic) bond motifs is 1. The van der Waals surface area contributed by atoms with Gasteiger partial charge in [0.25, 0.3) is 0 Å². The van der Waals surface area contributed by atoms with Gasteiger partial charge < -0.3 is 5.11 Å². The maximum absolute atomic E-state index is 10.1. The smallest absolute Gasteiger partial charge is 0.0582 e. The molecular weight excluding hydrogens is 172 g/mol. The minimum atomic E-state index is -0.0713. The Morgan fingerprint density at radius 3 is 3.21 bits per heavy atom. The molecule has 0 amide bonds. The van der Waals surface area contributed by atoms with E-state index in [9.17, 15) is 5.11 Å². The monoisotopic (exact) mass is 190 g/mol.